The molecule has 0 radical (unpaired) electrons. The molecule has 0 amide bonds. The van der Waals surface area contributed by atoms with Crippen LogP contribution in [0.3, 0.4) is 0 Å². The maximum Gasteiger partial charge on any atom is 0.193 e. The Labute approximate surface area is 114 Å². The van der Waals surface area contributed by atoms with Gasteiger partial charge in [0.05, 0.1) is 6.04 Å². The van der Waals surface area contributed by atoms with E-state index in [0.717, 1.165) is 11.6 Å². The van der Waals surface area contributed by atoms with Crippen LogP contribution in [0.5, 0.6) is 0 Å². The SMILES string of the molecule is CC[C@@H]1C[C@H]1N=C(N)Nc1ccccc1.I. The highest BCUT2D eigenvalue weighted by Gasteiger charge is 2.35. The summed E-state index contributed by atoms with van der Waals surface area (Å²) in [5.41, 5.74) is 6.80. The number of anilines is 1. The molecule has 16 heavy (non-hydrogen) atoms. The molecule has 1 aliphatic carbocycles. The van der Waals surface area contributed by atoms with E-state index < -0.39 is 0 Å². The Morgan fingerprint density at radius 3 is 2.69 bits per heavy atom. The molecule has 88 valence electrons. The Balaban J connectivity index is 0.00000128. The molecule has 1 aliphatic rings. The normalized spacial score (nSPS) is 23.4. The number of guanidine groups is 1. The molecule has 4 heteroatoms. The average molecular weight is 331 g/mol. The van der Waals surface area contributed by atoms with E-state index in [1.807, 2.05) is 30.3 Å². The van der Waals surface area contributed by atoms with Crippen LogP contribution in [0.25, 0.3) is 0 Å². The minimum Gasteiger partial charge on any atom is -0.370 e. The lowest BCUT2D eigenvalue weighted by Crippen LogP contribution is -2.23. The summed E-state index contributed by atoms with van der Waals surface area (Å²) in [6.45, 7) is 2.20. The lowest BCUT2D eigenvalue weighted by Gasteiger charge is -2.04. The Morgan fingerprint density at radius 1 is 1.44 bits per heavy atom. The first-order chi connectivity index (χ1) is 7.29. The van der Waals surface area contributed by atoms with Gasteiger partial charge in [0, 0.05) is 5.69 Å². The number of nitrogens with zero attached hydrogens (tertiary/aromatic N) is 1. The summed E-state index contributed by atoms with van der Waals surface area (Å²) in [6.07, 6.45) is 2.39. The van der Waals surface area contributed by atoms with E-state index in [0.29, 0.717) is 12.0 Å². The van der Waals surface area contributed by atoms with Crippen LogP contribution in [-0.2, 0) is 0 Å². The van der Waals surface area contributed by atoms with Gasteiger partial charge in [0.1, 0.15) is 0 Å². The van der Waals surface area contributed by atoms with Gasteiger partial charge >= 0.3 is 0 Å². The molecule has 1 aromatic rings. The highest BCUT2D eigenvalue weighted by Crippen LogP contribution is 2.36. The van der Waals surface area contributed by atoms with Gasteiger partial charge in [-0.25, -0.2) is 4.99 Å². The highest BCUT2D eigenvalue weighted by atomic mass is 127. The van der Waals surface area contributed by atoms with Gasteiger partial charge in [-0.1, -0.05) is 31.5 Å². The van der Waals surface area contributed by atoms with Crippen molar-refractivity contribution in [2.24, 2.45) is 16.6 Å². The smallest absolute Gasteiger partial charge is 0.193 e. The molecule has 2 rings (SSSR count). The van der Waals surface area contributed by atoms with Crippen molar-refractivity contribution in [1.82, 2.24) is 0 Å². The molecule has 2 atom stereocenters. The monoisotopic (exact) mass is 331 g/mol. The molecule has 0 saturated heterocycles. The van der Waals surface area contributed by atoms with Crippen molar-refractivity contribution in [2.45, 2.75) is 25.8 Å². The molecule has 0 aliphatic heterocycles. The summed E-state index contributed by atoms with van der Waals surface area (Å²) in [4.78, 5) is 4.42. The zero-order chi connectivity index (χ0) is 10.7. The van der Waals surface area contributed by atoms with E-state index in [-0.39, 0.29) is 24.0 Å². The van der Waals surface area contributed by atoms with E-state index in [2.05, 4.69) is 17.2 Å². The summed E-state index contributed by atoms with van der Waals surface area (Å²) in [5.74, 6) is 1.28. The summed E-state index contributed by atoms with van der Waals surface area (Å²) in [6, 6.07) is 10.3. The Hall–Kier alpha value is -0.780. The van der Waals surface area contributed by atoms with Crippen LogP contribution in [-0.4, -0.2) is 12.0 Å². The Morgan fingerprint density at radius 2 is 2.12 bits per heavy atom. The van der Waals surface area contributed by atoms with Gasteiger partial charge in [-0.2, -0.15) is 0 Å². The molecular formula is C12H18IN3. The molecule has 0 aromatic heterocycles. The molecular weight excluding hydrogens is 313 g/mol. The molecule has 1 fully saturated rings. The van der Waals surface area contributed by atoms with E-state index >= 15 is 0 Å². The quantitative estimate of drug-likeness (QED) is 0.508. The first-order valence-electron chi connectivity index (χ1n) is 5.45. The predicted molar refractivity (Wildman–Crippen MR) is 79.3 cm³/mol. The summed E-state index contributed by atoms with van der Waals surface area (Å²) < 4.78 is 0. The van der Waals surface area contributed by atoms with Crippen molar-refractivity contribution in [3.8, 4) is 0 Å². The number of hydrogen-bond acceptors (Lipinski definition) is 1. The van der Waals surface area contributed by atoms with Crippen molar-refractivity contribution in [3.63, 3.8) is 0 Å². The summed E-state index contributed by atoms with van der Waals surface area (Å²) >= 11 is 0. The molecule has 3 nitrogen and oxygen atoms in total. The third-order valence-corrected chi connectivity index (χ3v) is 2.76. The van der Waals surface area contributed by atoms with Gasteiger partial charge in [0.2, 0.25) is 0 Å². The van der Waals surface area contributed by atoms with Gasteiger partial charge in [0.25, 0.3) is 0 Å². The van der Waals surface area contributed by atoms with Gasteiger partial charge < -0.3 is 11.1 Å². The number of benzene rings is 1. The predicted octanol–water partition coefficient (Wildman–Crippen LogP) is 2.83. The first kappa shape index (κ1) is 13.3. The largest absolute Gasteiger partial charge is 0.370 e. The average Bonchev–Trinajstić information content (AvgIpc) is 2.97. The highest BCUT2D eigenvalue weighted by molar-refractivity contribution is 14.0. The van der Waals surface area contributed by atoms with Crippen molar-refractivity contribution in [2.75, 3.05) is 5.32 Å². The van der Waals surface area contributed by atoms with E-state index in [1.54, 1.807) is 0 Å². The Kier molecular flexibility index (Phi) is 5.05. The fourth-order valence-corrected chi connectivity index (χ4v) is 1.71. The molecule has 0 heterocycles. The summed E-state index contributed by atoms with van der Waals surface area (Å²) in [5, 5.41) is 3.09. The zero-order valence-corrected chi connectivity index (χ0v) is 11.7. The minimum absolute atomic E-state index is 0. The van der Waals surface area contributed by atoms with Gasteiger partial charge in [0.15, 0.2) is 5.96 Å². The number of halogens is 1. The van der Waals surface area contributed by atoms with E-state index in [1.165, 1.54) is 12.8 Å². The van der Waals surface area contributed by atoms with Crippen molar-refractivity contribution >= 4 is 35.6 Å². The lowest BCUT2D eigenvalue weighted by atomic mass is 10.3. The van der Waals surface area contributed by atoms with Crippen molar-refractivity contribution < 1.29 is 0 Å². The lowest BCUT2D eigenvalue weighted by molar-refractivity contribution is 0.759. The van der Waals surface area contributed by atoms with E-state index in [4.69, 9.17) is 5.73 Å². The van der Waals surface area contributed by atoms with Crippen LogP contribution >= 0.6 is 24.0 Å². The number of nitrogens with one attached hydrogen (secondary N) is 1. The van der Waals surface area contributed by atoms with Crippen LogP contribution in [0.2, 0.25) is 0 Å². The molecule has 0 unspecified atom stereocenters. The second-order valence-electron chi connectivity index (χ2n) is 3.98. The fraction of sp³-hybridized carbons (Fsp3) is 0.417. The second-order valence-corrected chi connectivity index (χ2v) is 3.98. The Bertz CT molecular complexity index is 351. The molecule has 3 N–H and O–H groups in total. The molecule has 1 aromatic carbocycles. The number of rotatable bonds is 3. The maximum atomic E-state index is 5.80. The van der Waals surface area contributed by atoms with Crippen LogP contribution in [0.4, 0.5) is 5.69 Å². The standard InChI is InChI=1S/C12H17N3.HI/c1-2-9-8-11(9)15-12(13)14-10-6-4-3-5-7-10;/h3-7,9,11H,2,8H2,1H3,(H3,13,14,15);1H/t9-,11-;/m1./s1. The first-order valence-corrected chi connectivity index (χ1v) is 5.45. The molecule has 0 spiro atoms. The van der Waals surface area contributed by atoms with Crippen LogP contribution in [0.15, 0.2) is 35.3 Å². The third-order valence-electron chi connectivity index (χ3n) is 2.76. The number of hydrogen-bond donors (Lipinski definition) is 2. The zero-order valence-electron chi connectivity index (χ0n) is 9.39. The summed E-state index contributed by atoms with van der Waals surface area (Å²) in [7, 11) is 0. The van der Waals surface area contributed by atoms with Crippen LogP contribution in [0, 0.1) is 5.92 Å². The molecule has 1 saturated carbocycles. The number of para-hydroxylation sites is 1. The van der Waals surface area contributed by atoms with Crippen molar-refractivity contribution in [1.29, 1.82) is 0 Å². The minimum atomic E-state index is 0. The van der Waals surface area contributed by atoms with Crippen molar-refractivity contribution in [3.05, 3.63) is 30.3 Å². The van der Waals surface area contributed by atoms with Gasteiger partial charge in [-0.15, -0.1) is 24.0 Å². The number of aliphatic imine (C=N–C) groups is 1. The molecule has 0 bridgehead atoms. The van der Waals surface area contributed by atoms with Crippen LogP contribution in [0.1, 0.15) is 19.8 Å². The van der Waals surface area contributed by atoms with Gasteiger partial charge in [-0.05, 0) is 24.5 Å². The number of nitrogens with two attached hydrogens (primary N) is 1. The third kappa shape index (κ3) is 3.66. The maximum absolute atomic E-state index is 5.80. The second kappa shape index (κ2) is 6.08. The van der Waals surface area contributed by atoms with Crippen LogP contribution < -0.4 is 11.1 Å². The van der Waals surface area contributed by atoms with E-state index in [9.17, 15) is 0 Å². The topological polar surface area (TPSA) is 50.4 Å². The fourth-order valence-electron chi connectivity index (χ4n) is 1.71. The van der Waals surface area contributed by atoms with Gasteiger partial charge in [-0.3, -0.25) is 0 Å².